The molecule has 0 saturated carbocycles. The molecule has 1 aromatic carbocycles. The summed E-state index contributed by atoms with van der Waals surface area (Å²) in [6, 6.07) is 3.58. The van der Waals surface area contributed by atoms with Gasteiger partial charge in [-0.1, -0.05) is 6.08 Å². The lowest BCUT2D eigenvalue weighted by Crippen LogP contribution is -1.91. The van der Waals surface area contributed by atoms with Crippen LogP contribution in [0.3, 0.4) is 0 Å². The van der Waals surface area contributed by atoms with Gasteiger partial charge in [-0.2, -0.15) is 0 Å². The molecule has 1 rings (SSSR count). The fourth-order valence-corrected chi connectivity index (χ4v) is 1.63. The van der Waals surface area contributed by atoms with Gasteiger partial charge in [-0.3, -0.25) is 0 Å². The average Bonchev–Trinajstić information content (AvgIpc) is 2.09. The van der Waals surface area contributed by atoms with E-state index < -0.39 is 11.6 Å². The molecule has 3 heteroatoms. The molecule has 0 heterocycles. The van der Waals surface area contributed by atoms with Crippen LogP contribution in [-0.2, 0) is 0 Å². The Hall–Kier alpha value is -0.830. The summed E-state index contributed by atoms with van der Waals surface area (Å²) in [5.41, 5.74) is 0. The lowest BCUT2D eigenvalue weighted by Gasteiger charge is -2.06. The van der Waals surface area contributed by atoms with E-state index in [2.05, 4.69) is 6.58 Å². The molecule has 0 amide bonds. The molecule has 1 unspecified atom stereocenters. The molecule has 0 aromatic heterocycles. The van der Waals surface area contributed by atoms with Crippen LogP contribution in [-0.4, -0.2) is 5.25 Å². The third-order valence-corrected chi connectivity index (χ3v) is 2.69. The van der Waals surface area contributed by atoms with Crippen molar-refractivity contribution in [3.63, 3.8) is 0 Å². The second-order valence-corrected chi connectivity index (χ2v) is 4.05. The van der Waals surface area contributed by atoms with Crippen molar-refractivity contribution >= 4 is 11.8 Å². The summed E-state index contributed by atoms with van der Waals surface area (Å²) >= 11 is 1.32. The molecule has 13 heavy (non-hydrogen) atoms. The zero-order chi connectivity index (χ0) is 9.84. The molecule has 70 valence electrons. The molecule has 1 aromatic rings. The highest BCUT2D eigenvalue weighted by Crippen LogP contribution is 2.26. The quantitative estimate of drug-likeness (QED) is 0.530. The second kappa shape index (κ2) is 4.42. The Labute approximate surface area is 80.7 Å². The maximum Gasteiger partial charge on any atom is 0.139 e. The van der Waals surface area contributed by atoms with Gasteiger partial charge in [0.05, 0.1) is 0 Å². The molecule has 0 spiro atoms. The Balaban J connectivity index is 2.83. The van der Waals surface area contributed by atoms with Crippen LogP contribution in [0.25, 0.3) is 0 Å². The maximum absolute atomic E-state index is 13.1. The summed E-state index contributed by atoms with van der Waals surface area (Å²) < 4.78 is 25.5. The van der Waals surface area contributed by atoms with Gasteiger partial charge in [0.1, 0.15) is 11.6 Å². The fraction of sp³-hybridized carbons (Fsp3) is 0.200. The van der Waals surface area contributed by atoms with Crippen molar-refractivity contribution in [2.75, 3.05) is 0 Å². The van der Waals surface area contributed by atoms with Crippen LogP contribution in [0.2, 0.25) is 0 Å². The van der Waals surface area contributed by atoms with Crippen LogP contribution < -0.4 is 0 Å². The Bertz CT molecular complexity index is 310. The van der Waals surface area contributed by atoms with Gasteiger partial charge in [-0.15, -0.1) is 18.3 Å². The van der Waals surface area contributed by atoms with Gasteiger partial charge in [0, 0.05) is 16.2 Å². The summed E-state index contributed by atoms with van der Waals surface area (Å²) in [6.07, 6.45) is 1.72. The molecule has 1 atom stereocenters. The first-order valence-corrected chi connectivity index (χ1v) is 4.75. The third-order valence-electron chi connectivity index (χ3n) is 1.54. The van der Waals surface area contributed by atoms with Crippen molar-refractivity contribution in [3.8, 4) is 0 Å². The van der Waals surface area contributed by atoms with Gasteiger partial charge in [0.25, 0.3) is 0 Å². The molecular weight excluding hydrogens is 190 g/mol. The van der Waals surface area contributed by atoms with E-state index in [0.29, 0.717) is 4.90 Å². The van der Waals surface area contributed by atoms with Crippen LogP contribution in [0, 0.1) is 11.6 Å². The Morgan fingerprint density at radius 1 is 1.46 bits per heavy atom. The van der Waals surface area contributed by atoms with Crippen LogP contribution in [0.15, 0.2) is 35.7 Å². The molecule has 0 aliphatic heterocycles. The molecule has 0 radical (unpaired) electrons. The van der Waals surface area contributed by atoms with E-state index in [9.17, 15) is 8.78 Å². The van der Waals surface area contributed by atoms with Crippen molar-refractivity contribution in [1.29, 1.82) is 0 Å². The number of halogens is 2. The molecule has 0 N–H and O–H groups in total. The molecule has 0 nitrogen and oxygen atoms in total. The summed E-state index contributed by atoms with van der Waals surface area (Å²) in [6.45, 7) is 5.49. The summed E-state index contributed by atoms with van der Waals surface area (Å²) in [4.78, 5) is 0.453. The predicted molar refractivity (Wildman–Crippen MR) is 51.9 cm³/mol. The number of hydrogen-bond acceptors (Lipinski definition) is 1. The van der Waals surface area contributed by atoms with E-state index in [0.717, 1.165) is 6.07 Å². The lowest BCUT2D eigenvalue weighted by molar-refractivity contribution is 0.565. The zero-order valence-electron chi connectivity index (χ0n) is 7.26. The first kappa shape index (κ1) is 10.3. The number of rotatable bonds is 3. The van der Waals surface area contributed by atoms with Crippen LogP contribution in [0.1, 0.15) is 6.92 Å². The highest BCUT2D eigenvalue weighted by atomic mass is 32.2. The molecule has 0 aliphatic rings. The van der Waals surface area contributed by atoms with Crippen LogP contribution in [0.4, 0.5) is 8.78 Å². The van der Waals surface area contributed by atoms with Crippen molar-refractivity contribution in [2.24, 2.45) is 0 Å². The minimum Gasteiger partial charge on any atom is -0.207 e. The van der Waals surface area contributed by atoms with Crippen molar-refractivity contribution in [3.05, 3.63) is 42.5 Å². The van der Waals surface area contributed by atoms with E-state index in [4.69, 9.17) is 0 Å². The smallest absolute Gasteiger partial charge is 0.139 e. The zero-order valence-corrected chi connectivity index (χ0v) is 8.07. The summed E-state index contributed by atoms with van der Waals surface area (Å²) in [7, 11) is 0. The highest BCUT2D eigenvalue weighted by Gasteiger charge is 2.06. The van der Waals surface area contributed by atoms with Crippen LogP contribution in [0.5, 0.6) is 0 Å². The first-order chi connectivity index (χ1) is 6.13. The predicted octanol–water partition coefficient (Wildman–Crippen LogP) is 3.63. The topological polar surface area (TPSA) is 0 Å². The standard InChI is InChI=1S/C10H10F2S/c1-3-7(2)13-10-5-4-8(11)6-9(10)12/h3-7H,1H2,2H3. The third kappa shape index (κ3) is 2.84. The second-order valence-electron chi connectivity index (χ2n) is 2.63. The monoisotopic (exact) mass is 200 g/mol. The van der Waals surface area contributed by atoms with Gasteiger partial charge < -0.3 is 0 Å². The Morgan fingerprint density at radius 3 is 2.69 bits per heavy atom. The van der Waals surface area contributed by atoms with Crippen molar-refractivity contribution < 1.29 is 8.78 Å². The Morgan fingerprint density at radius 2 is 2.15 bits per heavy atom. The fourth-order valence-electron chi connectivity index (χ4n) is 0.819. The molecular formula is C10H10F2S. The van der Waals surface area contributed by atoms with Crippen molar-refractivity contribution in [2.45, 2.75) is 17.1 Å². The SMILES string of the molecule is C=CC(C)Sc1ccc(F)cc1F. The van der Waals surface area contributed by atoms with E-state index in [1.807, 2.05) is 6.92 Å². The van der Waals surface area contributed by atoms with Gasteiger partial charge in [-0.25, -0.2) is 8.78 Å². The summed E-state index contributed by atoms with van der Waals surface area (Å²) in [5.74, 6) is -1.06. The van der Waals surface area contributed by atoms with Gasteiger partial charge in [0.15, 0.2) is 0 Å². The first-order valence-electron chi connectivity index (χ1n) is 3.87. The molecule has 0 fully saturated rings. The normalized spacial score (nSPS) is 12.5. The molecule has 0 saturated heterocycles. The highest BCUT2D eigenvalue weighted by molar-refractivity contribution is 8.00. The van der Waals surface area contributed by atoms with Crippen molar-refractivity contribution in [1.82, 2.24) is 0 Å². The summed E-state index contributed by atoms with van der Waals surface area (Å²) in [5, 5.41) is 0.125. The lowest BCUT2D eigenvalue weighted by atomic mass is 10.3. The minimum absolute atomic E-state index is 0.125. The minimum atomic E-state index is -0.548. The van der Waals surface area contributed by atoms with Gasteiger partial charge in [-0.05, 0) is 19.1 Å². The number of thioether (sulfide) groups is 1. The molecule has 0 bridgehead atoms. The van der Waals surface area contributed by atoms with E-state index in [1.54, 1.807) is 6.08 Å². The van der Waals surface area contributed by atoms with E-state index in [1.165, 1.54) is 23.9 Å². The van der Waals surface area contributed by atoms with Gasteiger partial charge in [0.2, 0.25) is 0 Å². The van der Waals surface area contributed by atoms with E-state index in [-0.39, 0.29) is 5.25 Å². The number of hydrogen-bond donors (Lipinski definition) is 0. The Kier molecular flexibility index (Phi) is 3.48. The van der Waals surface area contributed by atoms with E-state index >= 15 is 0 Å². The van der Waals surface area contributed by atoms with Crippen LogP contribution >= 0.6 is 11.8 Å². The van der Waals surface area contributed by atoms with Gasteiger partial charge >= 0.3 is 0 Å². The largest absolute Gasteiger partial charge is 0.207 e. The number of benzene rings is 1. The average molecular weight is 200 g/mol. The molecule has 0 aliphatic carbocycles. The maximum atomic E-state index is 13.1.